The second-order valence-corrected chi connectivity index (χ2v) is 12.3. The van der Waals surface area contributed by atoms with Crippen LogP contribution in [0.2, 0.25) is 0 Å². The SMILES string of the molecule is O=c1[nH]nc(-c2nnc3c4cc(-c5ccccc5)c(-c5ccc(CN6CCC(c7nnc(-c8ccccn8)[nH]7)CC6)cc5)nc4ccn23)[nH]1. The number of hydrogen-bond donors (Lipinski definition) is 3. The predicted octanol–water partition coefficient (Wildman–Crippen LogP) is 5.25. The first-order valence-corrected chi connectivity index (χ1v) is 16.2. The van der Waals surface area contributed by atoms with E-state index in [2.05, 4.69) is 92.9 Å². The maximum absolute atomic E-state index is 11.7. The number of benzene rings is 2. The molecule has 49 heavy (non-hydrogen) atoms. The van der Waals surface area contributed by atoms with Gasteiger partial charge in [-0.15, -0.1) is 25.5 Å². The van der Waals surface area contributed by atoms with Crippen LogP contribution in [0.1, 0.15) is 30.1 Å². The van der Waals surface area contributed by atoms with Gasteiger partial charge in [-0.1, -0.05) is 60.7 Å². The maximum atomic E-state index is 11.7. The van der Waals surface area contributed by atoms with Gasteiger partial charge in [0.25, 0.3) is 0 Å². The summed E-state index contributed by atoms with van der Waals surface area (Å²) < 4.78 is 1.81. The number of hydrogen-bond acceptors (Lipinski definition) is 9. The van der Waals surface area contributed by atoms with Gasteiger partial charge < -0.3 is 4.98 Å². The highest BCUT2D eigenvalue weighted by Crippen LogP contribution is 2.35. The van der Waals surface area contributed by atoms with Crippen molar-refractivity contribution in [3.63, 3.8) is 0 Å². The zero-order valence-corrected chi connectivity index (χ0v) is 26.3. The number of pyridine rings is 3. The molecule has 0 saturated carbocycles. The van der Waals surface area contributed by atoms with E-state index in [1.807, 2.05) is 53.1 Å². The Labute approximate surface area is 279 Å². The molecule has 7 heterocycles. The molecule has 0 atom stereocenters. The van der Waals surface area contributed by atoms with E-state index in [1.54, 1.807) is 6.20 Å². The third kappa shape index (κ3) is 5.45. The van der Waals surface area contributed by atoms with Crippen LogP contribution in [-0.4, -0.2) is 72.9 Å². The number of nitrogens with zero attached hydrogens (tertiary/aromatic N) is 9. The first kappa shape index (κ1) is 28.8. The van der Waals surface area contributed by atoms with Crippen molar-refractivity contribution in [1.29, 1.82) is 0 Å². The summed E-state index contributed by atoms with van der Waals surface area (Å²) in [7, 11) is 0. The Morgan fingerprint density at radius 3 is 2.41 bits per heavy atom. The van der Waals surface area contributed by atoms with Crippen molar-refractivity contribution >= 4 is 16.6 Å². The zero-order chi connectivity index (χ0) is 32.7. The van der Waals surface area contributed by atoms with Gasteiger partial charge in [0, 0.05) is 41.4 Å². The second-order valence-electron chi connectivity index (χ2n) is 12.3. The van der Waals surface area contributed by atoms with Crippen LogP contribution in [0.4, 0.5) is 0 Å². The highest BCUT2D eigenvalue weighted by atomic mass is 16.1. The smallest absolute Gasteiger partial charge is 0.323 e. The van der Waals surface area contributed by atoms with E-state index < -0.39 is 5.69 Å². The Morgan fingerprint density at radius 1 is 0.796 bits per heavy atom. The number of rotatable bonds is 7. The summed E-state index contributed by atoms with van der Waals surface area (Å²) >= 11 is 0. The Bertz CT molecular complexity index is 2460. The summed E-state index contributed by atoms with van der Waals surface area (Å²) in [5.41, 5.74) is 7.06. The van der Waals surface area contributed by atoms with Crippen molar-refractivity contribution < 1.29 is 0 Å². The fraction of sp³-hybridized carbons (Fsp3) is 0.167. The van der Waals surface area contributed by atoms with Gasteiger partial charge in [-0.05, 0) is 61.3 Å². The van der Waals surface area contributed by atoms with Crippen LogP contribution in [-0.2, 0) is 6.54 Å². The summed E-state index contributed by atoms with van der Waals surface area (Å²) in [5, 5.41) is 24.8. The first-order chi connectivity index (χ1) is 24.2. The standard InChI is InChI=1S/C36H30N12O/c49-36-40-33(43-46-36)35-45-44-34-27-20-26(23-6-2-1-3-7-23)30(38-28(27)15-19-48(34)35)24-11-9-22(10-12-24)21-47-17-13-25(14-18-47)31-39-32(42-41-31)29-8-4-5-16-37-29/h1-12,15-16,19-20,25H,13-14,17-18,21H2,(H,39,41,42)(H2,40,43,46,49). The van der Waals surface area contributed by atoms with Crippen LogP contribution in [0.15, 0.2) is 102 Å². The number of likely N-dealkylation sites (tertiary alicyclic amines) is 1. The molecule has 1 saturated heterocycles. The van der Waals surface area contributed by atoms with Gasteiger partial charge in [0.15, 0.2) is 17.3 Å². The molecule has 0 bridgehead atoms. The van der Waals surface area contributed by atoms with E-state index in [0.29, 0.717) is 23.2 Å². The van der Waals surface area contributed by atoms with Gasteiger partial charge in [0.1, 0.15) is 11.5 Å². The lowest BCUT2D eigenvalue weighted by Gasteiger charge is -2.30. The Kier molecular flexibility index (Phi) is 7.08. The maximum Gasteiger partial charge on any atom is 0.341 e. The molecule has 13 heteroatoms. The van der Waals surface area contributed by atoms with E-state index in [0.717, 1.165) is 83.1 Å². The van der Waals surface area contributed by atoms with Crippen molar-refractivity contribution in [3.05, 3.63) is 119 Å². The summed E-state index contributed by atoms with van der Waals surface area (Å²) in [6.45, 7) is 2.87. The van der Waals surface area contributed by atoms with Crippen LogP contribution >= 0.6 is 0 Å². The number of aromatic nitrogens is 11. The third-order valence-electron chi connectivity index (χ3n) is 9.19. The molecule has 2 aromatic carbocycles. The fourth-order valence-corrected chi connectivity index (χ4v) is 6.66. The van der Waals surface area contributed by atoms with Gasteiger partial charge in [0.05, 0.1) is 11.2 Å². The molecule has 0 amide bonds. The first-order valence-electron chi connectivity index (χ1n) is 16.2. The molecule has 1 fully saturated rings. The summed E-state index contributed by atoms with van der Waals surface area (Å²) in [5.74, 6) is 2.78. The van der Waals surface area contributed by atoms with Gasteiger partial charge in [0.2, 0.25) is 5.82 Å². The van der Waals surface area contributed by atoms with Crippen molar-refractivity contribution in [2.45, 2.75) is 25.3 Å². The van der Waals surface area contributed by atoms with Crippen LogP contribution in [0.5, 0.6) is 0 Å². The molecular weight excluding hydrogens is 616 g/mol. The number of aromatic amines is 3. The summed E-state index contributed by atoms with van der Waals surface area (Å²) in [6, 6.07) is 28.8. The highest BCUT2D eigenvalue weighted by molar-refractivity contribution is 5.98. The molecule has 0 spiro atoms. The van der Waals surface area contributed by atoms with E-state index in [-0.39, 0.29) is 0 Å². The molecule has 240 valence electrons. The molecule has 1 aliphatic rings. The van der Waals surface area contributed by atoms with E-state index >= 15 is 0 Å². The largest absolute Gasteiger partial charge is 0.341 e. The van der Waals surface area contributed by atoms with Crippen molar-refractivity contribution in [3.8, 4) is 45.6 Å². The van der Waals surface area contributed by atoms with Gasteiger partial charge >= 0.3 is 5.69 Å². The highest BCUT2D eigenvalue weighted by Gasteiger charge is 2.24. The van der Waals surface area contributed by atoms with Crippen LogP contribution in [0, 0.1) is 0 Å². The molecule has 9 rings (SSSR count). The third-order valence-corrected chi connectivity index (χ3v) is 9.19. The van der Waals surface area contributed by atoms with Crippen molar-refractivity contribution in [1.82, 2.24) is 59.8 Å². The average Bonchev–Trinajstić information content (AvgIpc) is 3.93. The minimum absolute atomic E-state index is 0.319. The molecule has 8 aromatic rings. The molecule has 13 nitrogen and oxygen atoms in total. The van der Waals surface area contributed by atoms with E-state index in [4.69, 9.17) is 4.98 Å². The van der Waals surface area contributed by atoms with Gasteiger partial charge in [-0.2, -0.15) is 0 Å². The van der Waals surface area contributed by atoms with E-state index in [9.17, 15) is 4.79 Å². The zero-order valence-electron chi connectivity index (χ0n) is 26.3. The Morgan fingerprint density at radius 2 is 1.63 bits per heavy atom. The molecule has 3 N–H and O–H groups in total. The lowest BCUT2D eigenvalue weighted by molar-refractivity contribution is 0.202. The van der Waals surface area contributed by atoms with Crippen molar-refractivity contribution in [2.24, 2.45) is 0 Å². The van der Waals surface area contributed by atoms with Crippen molar-refractivity contribution in [2.75, 3.05) is 13.1 Å². The van der Waals surface area contributed by atoms with Crippen LogP contribution in [0.3, 0.4) is 0 Å². The van der Waals surface area contributed by atoms with E-state index in [1.165, 1.54) is 5.56 Å². The average molecular weight is 647 g/mol. The summed E-state index contributed by atoms with van der Waals surface area (Å²) in [6.07, 6.45) is 5.67. The monoisotopic (exact) mass is 646 g/mol. The normalized spacial score (nSPS) is 14.2. The predicted molar refractivity (Wildman–Crippen MR) is 184 cm³/mol. The molecule has 6 aromatic heterocycles. The lowest BCUT2D eigenvalue weighted by atomic mass is 9.95. The lowest BCUT2D eigenvalue weighted by Crippen LogP contribution is -2.32. The number of piperidine rings is 1. The van der Waals surface area contributed by atoms with Crippen LogP contribution in [0.25, 0.3) is 62.1 Å². The Hall–Kier alpha value is -6.34. The number of fused-ring (bicyclic) bond motifs is 3. The minimum atomic E-state index is -0.403. The topological polar surface area (TPSA) is 162 Å². The number of nitrogens with one attached hydrogen (secondary N) is 3. The minimum Gasteiger partial charge on any atom is -0.323 e. The second kappa shape index (κ2) is 12.0. The molecule has 0 aliphatic carbocycles. The summed E-state index contributed by atoms with van der Waals surface area (Å²) in [4.78, 5) is 29.8. The molecule has 0 radical (unpaired) electrons. The van der Waals surface area contributed by atoms with Gasteiger partial charge in [-0.25, -0.2) is 14.9 Å². The molecule has 0 unspecified atom stereocenters. The fourth-order valence-electron chi connectivity index (χ4n) is 6.66. The Balaban J connectivity index is 0.962. The molecular formula is C36H30N12O. The van der Waals surface area contributed by atoms with Gasteiger partial charge in [-0.3, -0.25) is 19.3 Å². The quantitative estimate of drug-likeness (QED) is 0.210. The number of H-pyrrole nitrogens is 3. The molecule has 1 aliphatic heterocycles. The van der Waals surface area contributed by atoms with Crippen LogP contribution < -0.4 is 5.69 Å².